The van der Waals surface area contributed by atoms with Gasteiger partial charge in [-0.2, -0.15) is 5.01 Å². The first-order chi connectivity index (χ1) is 7.22. The number of H-pyrrole nitrogens is 1. The molecule has 1 aromatic carbocycles. The number of anilines is 1. The van der Waals surface area contributed by atoms with Crippen molar-refractivity contribution in [3.8, 4) is 0 Å². The minimum Gasteiger partial charge on any atom is -0.451 e. The van der Waals surface area contributed by atoms with Crippen LogP contribution in [-0.2, 0) is 4.74 Å². The molecule has 0 fully saturated rings. The fourth-order valence-electron chi connectivity index (χ4n) is 1.24. The molecule has 3 N–H and O–H groups in total. The molecule has 6 nitrogen and oxygen atoms in total. The number of benzene rings is 1. The lowest BCUT2D eigenvalue weighted by atomic mass is 10.3. The number of fused-ring (bicyclic) bond motifs is 1. The van der Waals surface area contributed by atoms with Crippen LogP contribution in [0, 0.1) is 0 Å². The van der Waals surface area contributed by atoms with Crippen LogP contribution in [0.2, 0.25) is 0 Å². The van der Waals surface area contributed by atoms with E-state index in [2.05, 4.69) is 14.7 Å². The van der Waals surface area contributed by atoms with E-state index in [4.69, 9.17) is 5.84 Å². The zero-order chi connectivity index (χ0) is 10.8. The van der Waals surface area contributed by atoms with E-state index in [1.165, 1.54) is 7.11 Å². The van der Waals surface area contributed by atoms with Crippen molar-refractivity contribution in [2.24, 2.45) is 5.84 Å². The fraction of sp³-hybridized carbons (Fsp3) is 0.111. The molecule has 2 rings (SSSR count). The Morgan fingerprint density at radius 1 is 1.53 bits per heavy atom. The molecule has 0 saturated carbocycles. The van der Waals surface area contributed by atoms with Gasteiger partial charge in [-0.25, -0.2) is 15.6 Å². The zero-order valence-corrected chi connectivity index (χ0v) is 8.10. The predicted octanol–water partition coefficient (Wildman–Crippen LogP) is 1.01. The average Bonchev–Trinajstić information content (AvgIpc) is 2.70. The van der Waals surface area contributed by atoms with Gasteiger partial charge in [0.1, 0.15) is 0 Å². The van der Waals surface area contributed by atoms with Crippen LogP contribution < -0.4 is 10.9 Å². The summed E-state index contributed by atoms with van der Waals surface area (Å²) in [7, 11) is 1.25. The van der Waals surface area contributed by atoms with Gasteiger partial charge < -0.3 is 9.72 Å². The van der Waals surface area contributed by atoms with Gasteiger partial charge in [-0.15, -0.1) is 0 Å². The predicted molar refractivity (Wildman–Crippen MR) is 55.2 cm³/mol. The number of para-hydroxylation sites is 2. The summed E-state index contributed by atoms with van der Waals surface area (Å²) in [5, 5.41) is 0.819. The maximum absolute atomic E-state index is 11.1. The van der Waals surface area contributed by atoms with Gasteiger partial charge in [-0.1, -0.05) is 12.1 Å². The van der Waals surface area contributed by atoms with Crippen LogP contribution >= 0.6 is 0 Å². The summed E-state index contributed by atoms with van der Waals surface area (Å²) in [6.45, 7) is 0. The molecule has 1 aromatic heterocycles. The van der Waals surface area contributed by atoms with Crippen molar-refractivity contribution in [3.63, 3.8) is 0 Å². The van der Waals surface area contributed by atoms with Crippen molar-refractivity contribution in [2.45, 2.75) is 0 Å². The van der Waals surface area contributed by atoms with E-state index in [-0.39, 0.29) is 5.95 Å². The molecule has 0 aliphatic carbocycles. The van der Waals surface area contributed by atoms with Crippen LogP contribution in [-0.4, -0.2) is 23.2 Å². The highest BCUT2D eigenvalue weighted by Crippen LogP contribution is 2.15. The largest absolute Gasteiger partial charge is 0.451 e. The first-order valence-electron chi connectivity index (χ1n) is 4.30. The van der Waals surface area contributed by atoms with Crippen molar-refractivity contribution in [1.29, 1.82) is 0 Å². The van der Waals surface area contributed by atoms with Crippen molar-refractivity contribution in [1.82, 2.24) is 9.97 Å². The molecule has 78 valence electrons. The number of aromatic amines is 1. The summed E-state index contributed by atoms with van der Waals surface area (Å²) >= 11 is 0. The fourth-order valence-corrected chi connectivity index (χ4v) is 1.24. The number of hydrogen-bond acceptors (Lipinski definition) is 4. The molecule has 0 aliphatic rings. The Labute approximate surface area is 85.6 Å². The monoisotopic (exact) mass is 206 g/mol. The highest BCUT2D eigenvalue weighted by atomic mass is 16.5. The first-order valence-corrected chi connectivity index (χ1v) is 4.30. The molecule has 0 radical (unpaired) electrons. The van der Waals surface area contributed by atoms with Crippen LogP contribution in [0.25, 0.3) is 11.0 Å². The van der Waals surface area contributed by atoms with Crippen molar-refractivity contribution in [3.05, 3.63) is 24.3 Å². The molecule has 0 aliphatic heterocycles. The molecule has 0 spiro atoms. The lowest BCUT2D eigenvalue weighted by Crippen LogP contribution is -2.38. The first kappa shape index (κ1) is 9.47. The second-order valence-electron chi connectivity index (χ2n) is 2.92. The Bertz CT molecular complexity index is 461. The quantitative estimate of drug-likeness (QED) is 0.414. The molecule has 15 heavy (non-hydrogen) atoms. The van der Waals surface area contributed by atoms with E-state index in [0.29, 0.717) is 0 Å². The minimum atomic E-state index is -0.672. The SMILES string of the molecule is COC(=O)N(N)c1nc2ccccc2[nH]1. The van der Waals surface area contributed by atoms with Gasteiger partial charge >= 0.3 is 6.09 Å². The summed E-state index contributed by atoms with van der Waals surface area (Å²) in [5.74, 6) is 5.73. The summed E-state index contributed by atoms with van der Waals surface area (Å²) in [4.78, 5) is 18.1. The van der Waals surface area contributed by atoms with E-state index >= 15 is 0 Å². The maximum Gasteiger partial charge on any atom is 0.431 e. The number of carbonyl (C=O) groups excluding carboxylic acids is 1. The van der Waals surface area contributed by atoms with E-state index < -0.39 is 6.09 Å². The molecule has 0 unspecified atom stereocenters. The Hall–Kier alpha value is -2.08. The third-order valence-electron chi connectivity index (χ3n) is 1.98. The van der Waals surface area contributed by atoms with Gasteiger partial charge in [0.05, 0.1) is 18.1 Å². The number of rotatable bonds is 1. The number of nitrogens with zero attached hydrogens (tertiary/aromatic N) is 2. The van der Waals surface area contributed by atoms with Gasteiger partial charge in [0.15, 0.2) is 0 Å². The normalized spacial score (nSPS) is 10.3. The Balaban J connectivity index is 2.40. The number of nitrogens with one attached hydrogen (secondary N) is 1. The number of nitrogens with two attached hydrogens (primary N) is 1. The lowest BCUT2D eigenvalue weighted by molar-refractivity contribution is 0.178. The smallest absolute Gasteiger partial charge is 0.431 e. The molecule has 0 bridgehead atoms. The summed E-state index contributed by atoms with van der Waals surface area (Å²) in [5.41, 5.74) is 1.55. The van der Waals surface area contributed by atoms with Crippen LogP contribution in [0.5, 0.6) is 0 Å². The number of carbonyl (C=O) groups is 1. The lowest BCUT2D eigenvalue weighted by Gasteiger charge is -2.10. The van der Waals surface area contributed by atoms with Gasteiger partial charge in [-0.05, 0) is 12.1 Å². The number of hydrogen-bond donors (Lipinski definition) is 2. The minimum absolute atomic E-state index is 0.253. The molecule has 6 heteroatoms. The standard InChI is InChI=1S/C9H10N4O2/c1-15-9(14)13(10)8-11-6-4-2-3-5-7(6)12-8/h2-5H,10H2,1H3,(H,11,12). The van der Waals surface area contributed by atoms with E-state index in [0.717, 1.165) is 16.0 Å². The van der Waals surface area contributed by atoms with Gasteiger partial charge in [0.25, 0.3) is 0 Å². The maximum atomic E-state index is 11.1. The Kier molecular flexibility index (Phi) is 2.26. The molecular weight excluding hydrogens is 196 g/mol. The highest BCUT2D eigenvalue weighted by Gasteiger charge is 2.15. The topological polar surface area (TPSA) is 84.2 Å². The van der Waals surface area contributed by atoms with Crippen molar-refractivity contribution in [2.75, 3.05) is 12.1 Å². The molecule has 0 saturated heterocycles. The number of aromatic nitrogens is 2. The Morgan fingerprint density at radius 3 is 2.93 bits per heavy atom. The average molecular weight is 206 g/mol. The number of ether oxygens (including phenoxy) is 1. The van der Waals surface area contributed by atoms with Crippen LogP contribution in [0.1, 0.15) is 0 Å². The number of amides is 1. The molecular formula is C9H10N4O2. The van der Waals surface area contributed by atoms with E-state index in [1.54, 1.807) is 0 Å². The second-order valence-corrected chi connectivity index (χ2v) is 2.92. The zero-order valence-electron chi connectivity index (χ0n) is 8.10. The number of imidazole rings is 1. The molecule has 1 heterocycles. The molecule has 1 amide bonds. The van der Waals surface area contributed by atoms with Crippen LogP contribution in [0.4, 0.5) is 10.7 Å². The van der Waals surface area contributed by atoms with E-state index in [9.17, 15) is 4.79 Å². The van der Waals surface area contributed by atoms with Crippen molar-refractivity contribution < 1.29 is 9.53 Å². The number of methoxy groups -OCH3 is 1. The highest BCUT2D eigenvalue weighted by molar-refractivity contribution is 5.87. The number of hydrazine groups is 1. The van der Waals surface area contributed by atoms with Crippen LogP contribution in [0.3, 0.4) is 0 Å². The van der Waals surface area contributed by atoms with Crippen molar-refractivity contribution >= 4 is 23.1 Å². The Morgan fingerprint density at radius 2 is 2.27 bits per heavy atom. The van der Waals surface area contributed by atoms with Gasteiger partial charge in [-0.3, -0.25) is 0 Å². The third kappa shape index (κ3) is 1.62. The van der Waals surface area contributed by atoms with Gasteiger partial charge in [0, 0.05) is 0 Å². The summed E-state index contributed by atoms with van der Waals surface area (Å²) < 4.78 is 4.46. The third-order valence-corrected chi connectivity index (χ3v) is 1.98. The van der Waals surface area contributed by atoms with Crippen LogP contribution in [0.15, 0.2) is 24.3 Å². The molecule has 2 aromatic rings. The second kappa shape index (κ2) is 3.58. The summed E-state index contributed by atoms with van der Waals surface area (Å²) in [6, 6.07) is 7.38. The summed E-state index contributed by atoms with van der Waals surface area (Å²) in [6.07, 6.45) is -0.672. The molecule has 0 atom stereocenters. The van der Waals surface area contributed by atoms with Gasteiger partial charge in [0.2, 0.25) is 5.95 Å². The van der Waals surface area contributed by atoms with E-state index in [1.807, 2.05) is 24.3 Å².